The second kappa shape index (κ2) is 6.62. The summed E-state index contributed by atoms with van der Waals surface area (Å²) in [4.78, 5) is 4.42. The zero-order chi connectivity index (χ0) is 8.69. The molecule has 0 aliphatic rings. The third-order valence-corrected chi connectivity index (χ3v) is 1.51. The van der Waals surface area contributed by atoms with Crippen LogP contribution in [0, 0.1) is 6.42 Å². The lowest BCUT2D eigenvalue weighted by Gasteiger charge is -2.10. The molecule has 0 amide bonds. The van der Waals surface area contributed by atoms with E-state index in [0.29, 0.717) is 0 Å². The zero-order valence-corrected chi connectivity index (χ0v) is 8.30. The molecule has 0 aliphatic carbocycles. The topological polar surface area (TPSA) is 6.48 Å². The Morgan fingerprint density at radius 1 is 1.00 bits per heavy atom. The van der Waals surface area contributed by atoms with E-state index >= 15 is 0 Å². The van der Waals surface area contributed by atoms with Gasteiger partial charge >= 0.3 is 0 Å². The molecule has 0 rings (SSSR count). The summed E-state index contributed by atoms with van der Waals surface area (Å²) in [6.45, 7) is 2.30. The number of unbranched alkanes of at least 4 members (excludes halogenated alkanes) is 2. The van der Waals surface area contributed by atoms with E-state index in [1.807, 2.05) is 0 Å². The number of nitrogens with zero attached hydrogens (tertiary/aromatic N) is 2. The van der Waals surface area contributed by atoms with Crippen molar-refractivity contribution in [2.75, 3.05) is 41.3 Å². The van der Waals surface area contributed by atoms with E-state index < -0.39 is 0 Å². The van der Waals surface area contributed by atoms with E-state index in [1.54, 1.807) is 0 Å². The van der Waals surface area contributed by atoms with Gasteiger partial charge in [-0.1, -0.05) is 0 Å². The molecule has 0 aliphatic heterocycles. The summed E-state index contributed by atoms with van der Waals surface area (Å²) in [5.74, 6) is 0. The average Bonchev–Trinajstić information content (AvgIpc) is 1.85. The van der Waals surface area contributed by atoms with Crippen molar-refractivity contribution >= 4 is 0 Å². The molecule has 0 N–H and O–H groups in total. The summed E-state index contributed by atoms with van der Waals surface area (Å²) in [6, 6.07) is 0. The van der Waals surface area contributed by atoms with Crippen molar-refractivity contribution in [3.63, 3.8) is 0 Å². The van der Waals surface area contributed by atoms with Crippen molar-refractivity contribution in [3.05, 3.63) is 6.42 Å². The Bertz CT molecular complexity index is 69.6. The van der Waals surface area contributed by atoms with Gasteiger partial charge in [-0.15, -0.1) is 0 Å². The van der Waals surface area contributed by atoms with Gasteiger partial charge in [0.1, 0.15) is 0 Å². The lowest BCUT2D eigenvalue weighted by Crippen LogP contribution is -2.15. The SMILES string of the molecule is CN(C)C[CH]CCCN(C)C. The smallest absolute Gasteiger partial charge is 0.000669 e. The second-order valence-electron chi connectivity index (χ2n) is 3.50. The summed E-state index contributed by atoms with van der Waals surface area (Å²) >= 11 is 0. The normalized spacial score (nSPS) is 11.5. The molecule has 0 spiro atoms. The van der Waals surface area contributed by atoms with E-state index in [9.17, 15) is 0 Å². The molecule has 1 radical (unpaired) electrons. The van der Waals surface area contributed by atoms with Crippen LogP contribution in [0.3, 0.4) is 0 Å². The van der Waals surface area contributed by atoms with Crippen LogP contribution in [0.2, 0.25) is 0 Å². The van der Waals surface area contributed by atoms with Gasteiger partial charge in [0.25, 0.3) is 0 Å². The molecule has 2 nitrogen and oxygen atoms in total. The number of hydrogen-bond donors (Lipinski definition) is 0. The Morgan fingerprint density at radius 2 is 1.64 bits per heavy atom. The number of hydrogen-bond acceptors (Lipinski definition) is 2. The maximum Gasteiger partial charge on any atom is 0.000669 e. The van der Waals surface area contributed by atoms with Gasteiger partial charge in [0.2, 0.25) is 0 Å². The fourth-order valence-corrected chi connectivity index (χ4v) is 0.901. The summed E-state index contributed by atoms with van der Waals surface area (Å²) in [7, 11) is 8.43. The lowest BCUT2D eigenvalue weighted by molar-refractivity contribution is 0.390. The standard InChI is InChI=1S/C9H21N2/c1-10(2)8-6-5-7-9-11(3)4/h6H,5,7-9H2,1-4H3. The minimum absolute atomic E-state index is 1.10. The highest BCUT2D eigenvalue weighted by Crippen LogP contribution is 1.95. The maximum absolute atomic E-state index is 2.34. The first-order chi connectivity index (χ1) is 5.13. The Kier molecular flexibility index (Phi) is 6.57. The largest absolute Gasteiger partial charge is 0.309 e. The van der Waals surface area contributed by atoms with Gasteiger partial charge < -0.3 is 9.80 Å². The monoisotopic (exact) mass is 157 g/mol. The molecule has 11 heavy (non-hydrogen) atoms. The van der Waals surface area contributed by atoms with Crippen LogP contribution in [0.4, 0.5) is 0 Å². The first-order valence-electron chi connectivity index (χ1n) is 4.24. The molecule has 67 valence electrons. The van der Waals surface area contributed by atoms with Crippen LogP contribution in [0.1, 0.15) is 12.8 Å². The fourth-order valence-electron chi connectivity index (χ4n) is 0.901. The van der Waals surface area contributed by atoms with Crippen LogP contribution >= 0.6 is 0 Å². The minimum atomic E-state index is 1.10. The van der Waals surface area contributed by atoms with Crippen LogP contribution in [0.25, 0.3) is 0 Å². The summed E-state index contributed by atoms with van der Waals surface area (Å²) in [6.07, 6.45) is 4.85. The Labute approximate surface area is 71.2 Å². The van der Waals surface area contributed by atoms with E-state index in [0.717, 1.165) is 6.54 Å². The molecule has 0 unspecified atom stereocenters. The third-order valence-electron chi connectivity index (χ3n) is 1.51. The molecule has 2 heteroatoms. The fraction of sp³-hybridized carbons (Fsp3) is 0.889. The van der Waals surface area contributed by atoms with Crippen molar-refractivity contribution in [3.8, 4) is 0 Å². The van der Waals surface area contributed by atoms with Crippen LogP contribution in [-0.4, -0.2) is 51.1 Å². The van der Waals surface area contributed by atoms with Crippen molar-refractivity contribution in [1.82, 2.24) is 9.80 Å². The summed E-state index contributed by atoms with van der Waals surface area (Å²) in [5, 5.41) is 0. The maximum atomic E-state index is 2.34. The van der Waals surface area contributed by atoms with Crippen LogP contribution in [0.5, 0.6) is 0 Å². The molecule has 0 aromatic carbocycles. The first-order valence-corrected chi connectivity index (χ1v) is 4.24. The zero-order valence-electron chi connectivity index (χ0n) is 8.30. The summed E-state index contributed by atoms with van der Waals surface area (Å²) in [5.41, 5.74) is 0. The second-order valence-corrected chi connectivity index (χ2v) is 3.50. The average molecular weight is 157 g/mol. The molecule has 0 heterocycles. The molecule has 0 bridgehead atoms. The van der Waals surface area contributed by atoms with Crippen molar-refractivity contribution in [2.24, 2.45) is 0 Å². The Balaban J connectivity index is 2.91. The molecule has 0 atom stereocenters. The van der Waals surface area contributed by atoms with Gasteiger partial charge in [-0.05, 0) is 54.0 Å². The highest BCUT2D eigenvalue weighted by atomic mass is 15.1. The highest BCUT2D eigenvalue weighted by molar-refractivity contribution is 4.67. The molecule has 0 saturated carbocycles. The van der Waals surface area contributed by atoms with Gasteiger partial charge in [0.15, 0.2) is 0 Å². The Morgan fingerprint density at radius 3 is 2.09 bits per heavy atom. The van der Waals surface area contributed by atoms with Crippen LogP contribution < -0.4 is 0 Å². The van der Waals surface area contributed by atoms with Crippen LogP contribution in [-0.2, 0) is 0 Å². The predicted molar refractivity (Wildman–Crippen MR) is 50.6 cm³/mol. The van der Waals surface area contributed by atoms with Crippen molar-refractivity contribution in [2.45, 2.75) is 12.8 Å². The summed E-state index contributed by atoms with van der Waals surface area (Å²) < 4.78 is 0. The molecule has 0 saturated heterocycles. The van der Waals surface area contributed by atoms with Gasteiger partial charge in [-0.25, -0.2) is 0 Å². The Hall–Kier alpha value is -0.0800. The van der Waals surface area contributed by atoms with Crippen molar-refractivity contribution < 1.29 is 0 Å². The van der Waals surface area contributed by atoms with Gasteiger partial charge in [0.05, 0.1) is 0 Å². The van der Waals surface area contributed by atoms with Gasteiger partial charge in [-0.3, -0.25) is 0 Å². The molecule has 0 aromatic rings. The van der Waals surface area contributed by atoms with E-state index in [2.05, 4.69) is 44.4 Å². The quantitative estimate of drug-likeness (QED) is 0.533. The van der Waals surface area contributed by atoms with E-state index in [4.69, 9.17) is 0 Å². The number of rotatable bonds is 6. The molecule has 0 fully saturated rings. The lowest BCUT2D eigenvalue weighted by atomic mass is 10.2. The van der Waals surface area contributed by atoms with Gasteiger partial charge in [0, 0.05) is 6.54 Å². The molecular weight excluding hydrogens is 136 g/mol. The van der Waals surface area contributed by atoms with Crippen molar-refractivity contribution in [1.29, 1.82) is 0 Å². The highest BCUT2D eigenvalue weighted by Gasteiger charge is 1.92. The first kappa shape index (κ1) is 10.9. The van der Waals surface area contributed by atoms with Crippen LogP contribution in [0.15, 0.2) is 0 Å². The molecule has 0 aromatic heterocycles. The molecular formula is C9H21N2. The van der Waals surface area contributed by atoms with E-state index in [1.165, 1.54) is 19.4 Å². The predicted octanol–water partition coefficient (Wildman–Crippen LogP) is 1.09. The van der Waals surface area contributed by atoms with Gasteiger partial charge in [-0.2, -0.15) is 0 Å². The third kappa shape index (κ3) is 9.92. The minimum Gasteiger partial charge on any atom is -0.309 e. The van der Waals surface area contributed by atoms with E-state index in [-0.39, 0.29) is 0 Å².